The van der Waals surface area contributed by atoms with Crippen LogP contribution in [0.1, 0.15) is 16.6 Å². The van der Waals surface area contributed by atoms with Crippen molar-refractivity contribution in [2.45, 2.75) is 6.92 Å². The first-order valence-corrected chi connectivity index (χ1v) is 7.02. The Bertz CT molecular complexity index is 314. The van der Waals surface area contributed by atoms with E-state index in [0.29, 0.717) is 0 Å². The predicted octanol–water partition coefficient (Wildman–Crippen LogP) is 3.37. The lowest BCUT2D eigenvalue weighted by molar-refractivity contribution is 0.0780. The molecule has 1 rings (SSSR count). The molecule has 0 aliphatic heterocycles. The van der Waals surface area contributed by atoms with Gasteiger partial charge in [-0.3, -0.25) is 4.79 Å². The third-order valence-electron chi connectivity index (χ3n) is 1.81. The van der Waals surface area contributed by atoms with Gasteiger partial charge in [-0.15, -0.1) is 11.3 Å². The van der Waals surface area contributed by atoms with Crippen molar-refractivity contribution in [2.75, 3.05) is 18.4 Å². The highest BCUT2D eigenvalue weighted by atomic mass is 79.9. The third kappa shape index (κ3) is 3.07. The van der Waals surface area contributed by atoms with E-state index in [2.05, 4.69) is 31.9 Å². The average Bonchev–Trinajstić information content (AvgIpc) is 2.60. The molecule has 0 saturated carbocycles. The summed E-state index contributed by atoms with van der Waals surface area (Å²) in [6.07, 6.45) is 0. The molecule has 1 aromatic rings. The van der Waals surface area contributed by atoms with Crippen molar-refractivity contribution in [1.29, 1.82) is 0 Å². The smallest absolute Gasteiger partial charge is 0.263 e. The van der Waals surface area contributed by atoms with Crippen LogP contribution in [0.5, 0.6) is 0 Å². The fourth-order valence-corrected chi connectivity index (χ4v) is 2.87. The first-order valence-electron chi connectivity index (χ1n) is 4.29. The minimum absolute atomic E-state index is 0.114. The molecule has 14 heavy (non-hydrogen) atoms. The van der Waals surface area contributed by atoms with Crippen LogP contribution in [0.25, 0.3) is 0 Å². The molecule has 0 spiro atoms. The summed E-state index contributed by atoms with van der Waals surface area (Å²) < 4.78 is 0.996. The molecule has 1 heterocycles. The Morgan fingerprint density at radius 1 is 1.57 bits per heavy atom. The van der Waals surface area contributed by atoms with Crippen molar-refractivity contribution in [2.24, 2.45) is 0 Å². The number of nitrogens with zero attached hydrogens (tertiary/aromatic N) is 1. The molecule has 0 atom stereocenters. The average molecular weight is 341 g/mol. The van der Waals surface area contributed by atoms with E-state index in [9.17, 15) is 4.79 Å². The number of hydrogen-bond acceptors (Lipinski definition) is 2. The van der Waals surface area contributed by atoms with Crippen LogP contribution in [0.3, 0.4) is 0 Å². The zero-order valence-electron chi connectivity index (χ0n) is 7.80. The maximum atomic E-state index is 11.9. The second-order valence-electron chi connectivity index (χ2n) is 2.68. The molecule has 0 saturated heterocycles. The molecule has 0 bridgehead atoms. The van der Waals surface area contributed by atoms with Crippen molar-refractivity contribution < 1.29 is 4.79 Å². The fourth-order valence-electron chi connectivity index (χ4n) is 1.09. The van der Waals surface area contributed by atoms with Crippen LogP contribution in [-0.2, 0) is 0 Å². The molecule has 1 amide bonds. The van der Waals surface area contributed by atoms with Crippen LogP contribution in [0.15, 0.2) is 15.9 Å². The van der Waals surface area contributed by atoms with E-state index in [4.69, 9.17) is 0 Å². The first kappa shape index (κ1) is 12.2. The number of hydrogen-bond donors (Lipinski definition) is 0. The van der Waals surface area contributed by atoms with E-state index in [1.165, 1.54) is 11.3 Å². The highest BCUT2D eigenvalue weighted by Gasteiger charge is 2.14. The minimum atomic E-state index is 0.114. The number of carbonyl (C=O) groups is 1. The molecule has 2 nitrogen and oxygen atoms in total. The topological polar surface area (TPSA) is 20.3 Å². The maximum absolute atomic E-state index is 11.9. The van der Waals surface area contributed by atoms with Crippen molar-refractivity contribution in [3.63, 3.8) is 0 Å². The molecule has 0 unspecified atom stereocenters. The Morgan fingerprint density at radius 3 is 2.71 bits per heavy atom. The lowest BCUT2D eigenvalue weighted by Gasteiger charge is -2.18. The van der Waals surface area contributed by atoms with Crippen LogP contribution in [-0.4, -0.2) is 29.2 Å². The molecule has 78 valence electrons. The number of rotatable bonds is 4. The lowest BCUT2D eigenvalue weighted by Crippen LogP contribution is -2.31. The SMILES string of the molecule is CCN(CCBr)C(=O)c1ccc(Br)s1. The third-order valence-corrected chi connectivity index (χ3v) is 3.77. The highest BCUT2D eigenvalue weighted by Crippen LogP contribution is 2.23. The Kier molecular flexibility index (Phi) is 5.12. The van der Waals surface area contributed by atoms with Gasteiger partial charge in [0.2, 0.25) is 0 Å². The Morgan fingerprint density at radius 2 is 2.29 bits per heavy atom. The minimum Gasteiger partial charge on any atom is -0.337 e. The molecule has 5 heteroatoms. The number of halogens is 2. The van der Waals surface area contributed by atoms with Gasteiger partial charge in [0.1, 0.15) is 0 Å². The molecular formula is C9H11Br2NOS. The first-order chi connectivity index (χ1) is 6.69. The number of thiophene rings is 1. The second-order valence-corrected chi connectivity index (χ2v) is 5.93. The standard InChI is InChI=1S/C9H11Br2NOS/c1-2-12(6-5-10)9(13)7-3-4-8(11)14-7/h3-4H,2,5-6H2,1H3. The molecule has 0 aliphatic carbocycles. The molecule has 1 aromatic heterocycles. The van der Waals surface area contributed by atoms with Crippen molar-refractivity contribution in [3.8, 4) is 0 Å². The Hall–Kier alpha value is 0.130. The zero-order valence-corrected chi connectivity index (χ0v) is 11.8. The van der Waals surface area contributed by atoms with Crippen LogP contribution in [0.2, 0.25) is 0 Å². The maximum Gasteiger partial charge on any atom is 0.263 e. The summed E-state index contributed by atoms with van der Waals surface area (Å²) in [5, 5.41) is 0.819. The number of amides is 1. The molecular weight excluding hydrogens is 330 g/mol. The van der Waals surface area contributed by atoms with Crippen molar-refractivity contribution in [3.05, 3.63) is 20.8 Å². The van der Waals surface area contributed by atoms with E-state index in [0.717, 1.165) is 27.1 Å². The van der Waals surface area contributed by atoms with E-state index in [1.807, 2.05) is 24.0 Å². The summed E-state index contributed by atoms with van der Waals surface area (Å²) in [7, 11) is 0. The van der Waals surface area contributed by atoms with Gasteiger partial charge in [-0.05, 0) is 35.0 Å². The molecule has 0 fully saturated rings. The lowest BCUT2D eigenvalue weighted by atomic mass is 10.4. The van der Waals surface area contributed by atoms with Crippen LogP contribution < -0.4 is 0 Å². The van der Waals surface area contributed by atoms with Crippen molar-refractivity contribution >= 4 is 49.1 Å². The van der Waals surface area contributed by atoms with Gasteiger partial charge in [0, 0.05) is 18.4 Å². The summed E-state index contributed by atoms with van der Waals surface area (Å²) in [6, 6.07) is 3.76. The van der Waals surface area contributed by atoms with E-state index >= 15 is 0 Å². The fraction of sp³-hybridized carbons (Fsp3) is 0.444. The van der Waals surface area contributed by atoms with Gasteiger partial charge >= 0.3 is 0 Å². The summed E-state index contributed by atoms with van der Waals surface area (Å²) in [6.45, 7) is 3.49. The Balaban J connectivity index is 2.72. The van der Waals surface area contributed by atoms with Gasteiger partial charge in [0.15, 0.2) is 0 Å². The molecule has 0 aromatic carbocycles. The van der Waals surface area contributed by atoms with Crippen LogP contribution in [0.4, 0.5) is 0 Å². The van der Waals surface area contributed by atoms with Gasteiger partial charge in [-0.25, -0.2) is 0 Å². The Labute approximate surface area is 105 Å². The van der Waals surface area contributed by atoms with Gasteiger partial charge in [-0.1, -0.05) is 15.9 Å². The predicted molar refractivity (Wildman–Crippen MR) is 67.4 cm³/mol. The molecule has 0 aliphatic rings. The summed E-state index contributed by atoms with van der Waals surface area (Å²) in [4.78, 5) is 14.5. The molecule has 0 N–H and O–H groups in total. The summed E-state index contributed by atoms with van der Waals surface area (Å²) in [5.41, 5.74) is 0. The van der Waals surface area contributed by atoms with Gasteiger partial charge in [0.25, 0.3) is 5.91 Å². The largest absolute Gasteiger partial charge is 0.337 e. The quantitative estimate of drug-likeness (QED) is 0.769. The van der Waals surface area contributed by atoms with Crippen molar-refractivity contribution in [1.82, 2.24) is 4.90 Å². The van der Waals surface area contributed by atoms with Crippen LogP contribution in [0, 0.1) is 0 Å². The molecule has 0 radical (unpaired) electrons. The van der Waals surface area contributed by atoms with E-state index in [-0.39, 0.29) is 5.91 Å². The monoisotopic (exact) mass is 339 g/mol. The number of carbonyl (C=O) groups excluding carboxylic acids is 1. The normalized spacial score (nSPS) is 10.2. The van der Waals surface area contributed by atoms with Crippen LogP contribution >= 0.6 is 43.2 Å². The van der Waals surface area contributed by atoms with Gasteiger partial charge < -0.3 is 4.90 Å². The van der Waals surface area contributed by atoms with E-state index < -0.39 is 0 Å². The second kappa shape index (κ2) is 5.88. The number of alkyl halides is 1. The zero-order chi connectivity index (χ0) is 10.6. The summed E-state index contributed by atoms with van der Waals surface area (Å²) in [5.74, 6) is 0.114. The highest BCUT2D eigenvalue weighted by molar-refractivity contribution is 9.11. The van der Waals surface area contributed by atoms with E-state index in [1.54, 1.807) is 0 Å². The summed E-state index contributed by atoms with van der Waals surface area (Å²) >= 11 is 8.16. The van der Waals surface area contributed by atoms with Gasteiger partial charge in [0.05, 0.1) is 8.66 Å². The van der Waals surface area contributed by atoms with Gasteiger partial charge in [-0.2, -0.15) is 0 Å².